The maximum atomic E-state index is 10.9. The van der Waals surface area contributed by atoms with Gasteiger partial charge in [0.1, 0.15) is 12.6 Å². The molecule has 4 heteroatoms. The number of nitrogens with two attached hydrogens (primary N) is 1. The van der Waals surface area contributed by atoms with Crippen LogP contribution in [0, 0.1) is 0 Å². The topological polar surface area (TPSA) is 65.2 Å². The number of rotatable bonds is 3. The number of aromatic nitrogens is 1. The largest absolute Gasteiger partial charge is 0.460 e. The normalized spacial score (nSPS) is 12.2. The van der Waals surface area contributed by atoms with E-state index in [-0.39, 0.29) is 6.61 Å². The summed E-state index contributed by atoms with van der Waals surface area (Å²) in [7, 11) is 0. The van der Waals surface area contributed by atoms with Gasteiger partial charge in [0.15, 0.2) is 0 Å². The molecule has 0 saturated heterocycles. The molecule has 70 valence electrons. The van der Waals surface area contributed by atoms with Crippen LogP contribution < -0.4 is 5.73 Å². The van der Waals surface area contributed by atoms with E-state index in [0.717, 1.165) is 5.56 Å². The molecule has 0 aliphatic rings. The highest BCUT2D eigenvalue weighted by Crippen LogP contribution is 1.98. The van der Waals surface area contributed by atoms with Crippen molar-refractivity contribution < 1.29 is 9.53 Å². The molecule has 1 rings (SSSR count). The summed E-state index contributed by atoms with van der Waals surface area (Å²) in [4.78, 5) is 14.8. The predicted octanol–water partition coefficient (Wildman–Crippen LogP) is 0.472. The van der Waals surface area contributed by atoms with Crippen molar-refractivity contribution in [1.29, 1.82) is 0 Å². The van der Waals surface area contributed by atoms with E-state index in [1.165, 1.54) is 0 Å². The second-order valence-electron chi connectivity index (χ2n) is 2.76. The van der Waals surface area contributed by atoms with Gasteiger partial charge >= 0.3 is 5.97 Å². The molecular weight excluding hydrogens is 168 g/mol. The molecule has 1 aromatic heterocycles. The summed E-state index contributed by atoms with van der Waals surface area (Å²) in [5.74, 6) is -0.399. The van der Waals surface area contributed by atoms with Crippen molar-refractivity contribution >= 4 is 5.97 Å². The second kappa shape index (κ2) is 4.57. The molecule has 1 atom stereocenters. The smallest absolute Gasteiger partial charge is 0.322 e. The molecule has 0 aliphatic heterocycles. The van der Waals surface area contributed by atoms with Crippen molar-refractivity contribution in [2.45, 2.75) is 19.6 Å². The number of ether oxygens (including phenoxy) is 1. The number of nitrogens with zero attached hydrogens (tertiary/aromatic N) is 1. The molecule has 0 unspecified atom stereocenters. The Morgan fingerprint density at radius 2 is 2.54 bits per heavy atom. The van der Waals surface area contributed by atoms with Crippen molar-refractivity contribution in [2.75, 3.05) is 0 Å². The van der Waals surface area contributed by atoms with Crippen LogP contribution in [0.1, 0.15) is 12.5 Å². The molecule has 1 aromatic rings. The van der Waals surface area contributed by atoms with Gasteiger partial charge < -0.3 is 10.5 Å². The zero-order valence-electron chi connectivity index (χ0n) is 7.43. The van der Waals surface area contributed by atoms with E-state index in [9.17, 15) is 4.79 Å². The van der Waals surface area contributed by atoms with E-state index in [2.05, 4.69) is 4.98 Å². The van der Waals surface area contributed by atoms with E-state index < -0.39 is 12.0 Å². The standard InChI is InChI=1S/C9H12N2O2/c1-7(10)9(12)13-6-8-3-2-4-11-5-8/h2-5,7H,6,10H2,1H3/t7-/m0/s1. The molecule has 0 fully saturated rings. The van der Waals surface area contributed by atoms with Gasteiger partial charge in [0.25, 0.3) is 0 Å². The third kappa shape index (κ3) is 3.21. The number of carbonyl (C=O) groups is 1. The summed E-state index contributed by atoms with van der Waals surface area (Å²) in [6, 6.07) is 3.05. The van der Waals surface area contributed by atoms with E-state index in [0.29, 0.717) is 0 Å². The highest BCUT2D eigenvalue weighted by Gasteiger charge is 2.07. The maximum Gasteiger partial charge on any atom is 0.322 e. The maximum absolute atomic E-state index is 10.9. The predicted molar refractivity (Wildman–Crippen MR) is 47.7 cm³/mol. The van der Waals surface area contributed by atoms with Gasteiger partial charge in [-0.05, 0) is 13.0 Å². The summed E-state index contributed by atoms with van der Waals surface area (Å²) >= 11 is 0. The van der Waals surface area contributed by atoms with Crippen LogP contribution in [-0.2, 0) is 16.1 Å². The van der Waals surface area contributed by atoms with Crippen molar-refractivity contribution in [3.63, 3.8) is 0 Å². The summed E-state index contributed by atoms with van der Waals surface area (Å²) in [5.41, 5.74) is 6.17. The monoisotopic (exact) mass is 180 g/mol. The summed E-state index contributed by atoms with van der Waals surface area (Å²) in [6.45, 7) is 1.82. The van der Waals surface area contributed by atoms with Gasteiger partial charge in [-0.3, -0.25) is 9.78 Å². The molecule has 0 bridgehead atoms. The highest BCUT2D eigenvalue weighted by molar-refractivity contribution is 5.74. The van der Waals surface area contributed by atoms with Crippen LogP contribution in [0.5, 0.6) is 0 Å². The fraction of sp³-hybridized carbons (Fsp3) is 0.333. The van der Waals surface area contributed by atoms with Crippen molar-refractivity contribution in [3.8, 4) is 0 Å². The van der Waals surface area contributed by atoms with Gasteiger partial charge in [-0.15, -0.1) is 0 Å². The molecule has 0 spiro atoms. The fourth-order valence-electron chi connectivity index (χ4n) is 0.769. The molecule has 0 aromatic carbocycles. The first-order valence-corrected chi connectivity index (χ1v) is 4.01. The third-order valence-electron chi connectivity index (χ3n) is 1.48. The third-order valence-corrected chi connectivity index (χ3v) is 1.48. The molecule has 0 aliphatic carbocycles. The van der Waals surface area contributed by atoms with E-state index in [4.69, 9.17) is 10.5 Å². The van der Waals surface area contributed by atoms with Crippen molar-refractivity contribution in [1.82, 2.24) is 4.98 Å². The molecule has 0 radical (unpaired) electrons. The van der Waals surface area contributed by atoms with Crippen molar-refractivity contribution in [3.05, 3.63) is 30.1 Å². The lowest BCUT2D eigenvalue weighted by Crippen LogP contribution is -2.28. The summed E-state index contributed by atoms with van der Waals surface area (Å²) < 4.78 is 4.89. The minimum absolute atomic E-state index is 0.230. The highest BCUT2D eigenvalue weighted by atomic mass is 16.5. The number of hydrogen-bond acceptors (Lipinski definition) is 4. The second-order valence-corrected chi connectivity index (χ2v) is 2.76. The molecule has 1 heterocycles. The fourth-order valence-corrected chi connectivity index (χ4v) is 0.769. The average molecular weight is 180 g/mol. The Bertz CT molecular complexity index is 272. The Balaban J connectivity index is 2.40. The van der Waals surface area contributed by atoms with Crippen molar-refractivity contribution in [2.24, 2.45) is 5.73 Å². The van der Waals surface area contributed by atoms with Gasteiger partial charge in [-0.25, -0.2) is 0 Å². The van der Waals surface area contributed by atoms with Crippen LogP contribution in [0.25, 0.3) is 0 Å². The number of pyridine rings is 1. The van der Waals surface area contributed by atoms with Crippen LogP contribution in [0.15, 0.2) is 24.5 Å². The Morgan fingerprint density at radius 3 is 3.08 bits per heavy atom. The first kappa shape index (κ1) is 9.67. The molecular formula is C9H12N2O2. The van der Waals surface area contributed by atoms with Crippen LogP contribution in [0.4, 0.5) is 0 Å². The first-order valence-electron chi connectivity index (χ1n) is 4.01. The lowest BCUT2D eigenvalue weighted by Gasteiger charge is -2.06. The first-order chi connectivity index (χ1) is 6.20. The Morgan fingerprint density at radius 1 is 1.77 bits per heavy atom. The van der Waals surface area contributed by atoms with Crippen LogP contribution >= 0.6 is 0 Å². The van der Waals surface area contributed by atoms with Gasteiger partial charge in [0.2, 0.25) is 0 Å². The average Bonchev–Trinajstić information content (AvgIpc) is 2.15. The molecule has 13 heavy (non-hydrogen) atoms. The molecule has 2 N–H and O–H groups in total. The van der Waals surface area contributed by atoms with E-state index >= 15 is 0 Å². The number of esters is 1. The summed E-state index contributed by atoms with van der Waals surface area (Å²) in [6.07, 6.45) is 3.31. The molecule has 0 saturated carbocycles. The number of hydrogen-bond donors (Lipinski definition) is 1. The SMILES string of the molecule is C[C@H](N)C(=O)OCc1cccnc1. The van der Waals surface area contributed by atoms with Crippen LogP contribution in [-0.4, -0.2) is 17.0 Å². The van der Waals surface area contributed by atoms with Gasteiger partial charge in [0, 0.05) is 18.0 Å². The Kier molecular flexibility index (Phi) is 3.40. The van der Waals surface area contributed by atoms with E-state index in [1.54, 1.807) is 25.4 Å². The zero-order chi connectivity index (χ0) is 9.68. The minimum Gasteiger partial charge on any atom is -0.460 e. The zero-order valence-corrected chi connectivity index (χ0v) is 7.43. The Hall–Kier alpha value is -1.42. The Labute approximate surface area is 76.7 Å². The minimum atomic E-state index is -0.573. The van der Waals surface area contributed by atoms with Gasteiger partial charge in [0.05, 0.1) is 0 Å². The number of carbonyl (C=O) groups excluding carboxylic acids is 1. The summed E-state index contributed by atoms with van der Waals surface area (Å²) in [5, 5.41) is 0. The quantitative estimate of drug-likeness (QED) is 0.687. The lowest BCUT2D eigenvalue weighted by atomic mass is 10.3. The molecule has 4 nitrogen and oxygen atoms in total. The van der Waals surface area contributed by atoms with Gasteiger partial charge in [-0.2, -0.15) is 0 Å². The van der Waals surface area contributed by atoms with Gasteiger partial charge in [-0.1, -0.05) is 6.07 Å². The van der Waals surface area contributed by atoms with E-state index in [1.807, 2.05) is 6.07 Å². The lowest BCUT2D eigenvalue weighted by molar-refractivity contribution is -0.146. The van der Waals surface area contributed by atoms with Crippen LogP contribution in [0.2, 0.25) is 0 Å². The molecule has 0 amide bonds. The van der Waals surface area contributed by atoms with Crippen LogP contribution in [0.3, 0.4) is 0 Å².